The van der Waals surface area contributed by atoms with Crippen LogP contribution in [0.4, 0.5) is 0 Å². The lowest BCUT2D eigenvalue weighted by atomic mass is 9.84. The molecule has 1 aromatic rings. The van der Waals surface area contributed by atoms with Crippen LogP contribution in [0.1, 0.15) is 18.9 Å². The molecule has 0 saturated carbocycles. The smallest absolute Gasteiger partial charge is 0.271 e. The summed E-state index contributed by atoms with van der Waals surface area (Å²) in [5.74, 6) is -0.0749. The quantitative estimate of drug-likeness (QED) is 0.741. The Kier molecular flexibility index (Phi) is 4.04. The molecule has 0 spiro atoms. The van der Waals surface area contributed by atoms with Gasteiger partial charge < -0.3 is 4.74 Å². The molecule has 0 aromatic heterocycles. The van der Waals surface area contributed by atoms with Gasteiger partial charge in [-0.25, -0.2) is 0 Å². The maximum Gasteiger partial charge on any atom is 0.271 e. The Morgan fingerprint density at radius 2 is 1.94 bits per heavy atom. The second-order valence-electron chi connectivity index (χ2n) is 4.80. The molecule has 1 aliphatic rings. The molecule has 0 bridgehead atoms. The lowest BCUT2D eigenvalue weighted by Crippen LogP contribution is -2.46. The van der Waals surface area contributed by atoms with Gasteiger partial charge in [0.1, 0.15) is 5.75 Å². The van der Waals surface area contributed by atoms with E-state index < -0.39 is 10.1 Å². The van der Waals surface area contributed by atoms with Gasteiger partial charge in [-0.1, -0.05) is 37.3 Å². The Bertz CT molecular complexity index is 471. The van der Waals surface area contributed by atoms with Crippen LogP contribution in [0.25, 0.3) is 0 Å². The minimum atomic E-state index is -3.51. The van der Waals surface area contributed by atoms with Gasteiger partial charge >= 0.3 is 0 Å². The first-order valence-electron chi connectivity index (χ1n) is 6.04. The van der Waals surface area contributed by atoms with Gasteiger partial charge in [0.05, 0.1) is 19.8 Å². The second kappa shape index (κ2) is 5.38. The van der Waals surface area contributed by atoms with Crippen molar-refractivity contribution in [1.82, 2.24) is 0 Å². The minimum absolute atomic E-state index is 0.0749. The predicted octanol–water partition coefficient (Wildman–Crippen LogP) is 1.96. The van der Waals surface area contributed by atoms with Crippen LogP contribution in [0, 0.1) is 5.41 Å². The van der Waals surface area contributed by atoms with Crippen LogP contribution in [-0.2, 0) is 24.8 Å². The summed E-state index contributed by atoms with van der Waals surface area (Å²) in [6, 6.07) is 9.05. The number of hydrogen-bond acceptors (Lipinski definition) is 4. The summed E-state index contributed by atoms with van der Waals surface area (Å²) in [5.41, 5.74) is 0.636. The minimum Gasteiger partial charge on any atom is -0.380 e. The maximum absolute atomic E-state index is 11.8. The lowest BCUT2D eigenvalue weighted by molar-refractivity contribution is -0.132. The topological polar surface area (TPSA) is 52.6 Å². The predicted molar refractivity (Wildman–Crippen MR) is 68.6 cm³/mol. The summed E-state index contributed by atoms with van der Waals surface area (Å²) < 4.78 is 33.9. The second-order valence-corrected chi connectivity index (χ2v) is 6.44. The normalized spacial score (nSPS) is 18.3. The number of hydrogen-bond donors (Lipinski definition) is 0. The molecule has 1 aromatic carbocycles. The van der Waals surface area contributed by atoms with E-state index in [-0.39, 0.29) is 17.8 Å². The monoisotopic (exact) mass is 270 g/mol. The van der Waals surface area contributed by atoms with E-state index in [9.17, 15) is 8.42 Å². The van der Waals surface area contributed by atoms with Gasteiger partial charge in [0.25, 0.3) is 10.1 Å². The number of rotatable bonds is 6. The first-order valence-corrected chi connectivity index (χ1v) is 7.62. The van der Waals surface area contributed by atoms with Crippen molar-refractivity contribution in [2.45, 2.75) is 19.1 Å². The molecule has 0 aliphatic carbocycles. The molecule has 1 heterocycles. The highest BCUT2D eigenvalue weighted by Crippen LogP contribution is 2.32. The van der Waals surface area contributed by atoms with Crippen LogP contribution in [0.5, 0.6) is 0 Å². The molecule has 1 aliphatic heterocycles. The summed E-state index contributed by atoms with van der Waals surface area (Å²) >= 11 is 0. The van der Waals surface area contributed by atoms with E-state index in [1.54, 1.807) is 12.1 Å². The maximum atomic E-state index is 11.8. The van der Waals surface area contributed by atoms with Crippen molar-refractivity contribution in [3.63, 3.8) is 0 Å². The third-order valence-electron chi connectivity index (χ3n) is 3.30. The standard InChI is InChI=1S/C13H18O4S/c1-2-13(9-16-10-13)11-17-18(14,15)8-12-6-4-3-5-7-12/h3-7H,2,8-11H2,1H3. The van der Waals surface area contributed by atoms with E-state index in [4.69, 9.17) is 8.92 Å². The van der Waals surface area contributed by atoms with Crippen LogP contribution < -0.4 is 0 Å². The van der Waals surface area contributed by atoms with E-state index in [2.05, 4.69) is 0 Å². The van der Waals surface area contributed by atoms with Crippen LogP contribution >= 0.6 is 0 Å². The SMILES string of the molecule is CCC1(COS(=O)(=O)Cc2ccccc2)COC1. The van der Waals surface area contributed by atoms with Crippen LogP contribution in [0.3, 0.4) is 0 Å². The summed E-state index contributed by atoms with van der Waals surface area (Å²) in [5, 5.41) is 0. The van der Waals surface area contributed by atoms with E-state index in [1.807, 2.05) is 25.1 Å². The average Bonchev–Trinajstić information content (AvgIpc) is 2.29. The fourth-order valence-corrected chi connectivity index (χ4v) is 2.93. The van der Waals surface area contributed by atoms with Crippen molar-refractivity contribution in [2.75, 3.05) is 19.8 Å². The lowest BCUT2D eigenvalue weighted by Gasteiger charge is -2.39. The molecule has 5 heteroatoms. The van der Waals surface area contributed by atoms with E-state index in [0.29, 0.717) is 13.2 Å². The van der Waals surface area contributed by atoms with Crippen LogP contribution in [0.2, 0.25) is 0 Å². The van der Waals surface area contributed by atoms with Crippen LogP contribution in [-0.4, -0.2) is 28.2 Å². The Morgan fingerprint density at radius 3 is 2.44 bits per heavy atom. The van der Waals surface area contributed by atoms with Crippen molar-refractivity contribution in [1.29, 1.82) is 0 Å². The first kappa shape index (κ1) is 13.5. The van der Waals surface area contributed by atoms with Gasteiger partial charge in [-0.05, 0) is 12.0 Å². The Morgan fingerprint density at radius 1 is 1.28 bits per heavy atom. The summed E-state index contributed by atoms with van der Waals surface area (Å²) in [7, 11) is -3.51. The first-order chi connectivity index (χ1) is 8.55. The van der Waals surface area contributed by atoms with Gasteiger partial charge in [-0.2, -0.15) is 8.42 Å². The van der Waals surface area contributed by atoms with Crippen molar-refractivity contribution >= 4 is 10.1 Å². The molecular formula is C13H18O4S. The zero-order valence-corrected chi connectivity index (χ0v) is 11.3. The van der Waals surface area contributed by atoms with Gasteiger partial charge in [-0.15, -0.1) is 0 Å². The Labute approximate surface area is 108 Å². The summed E-state index contributed by atoms with van der Waals surface area (Å²) in [6.07, 6.45) is 0.869. The molecule has 0 unspecified atom stereocenters. The Balaban J connectivity index is 1.92. The highest BCUT2D eigenvalue weighted by atomic mass is 32.2. The highest BCUT2D eigenvalue weighted by molar-refractivity contribution is 7.85. The molecule has 1 saturated heterocycles. The van der Waals surface area contributed by atoms with Gasteiger partial charge in [0.2, 0.25) is 0 Å². The summed E-state index contributed by atoms with van der Waals surface area (Å²) in [4.78, 5) is 0. The Hall–Kier alpha value is -0.910. The fourth-order valence-electron chi connectivity index (χ4n) is 1.82. The molecule has 100 valence electrons. The molecule has 18 heavy (non-hydrogen) atoms. The molecule has 0 N–H and O–H groups in total. The third kappa shape index (κ3) is 3.31. The van der Waals surface area contributed by atoms with Gasteiger partial charge in [0, 0.05) is 5.41 Å². The molecule has 4 nitrogen and oxygen atoms in total. The van der Waals surface area contributed by atoms with Crippen molar-refractivity contribution < 1.29 is 17.3 Å². The zero-order valence-electron chi connectivity index (χ0n) is 10.5. The van der Waals surface area contributed by atoms with E-state index in [1.165, 1.54) is 0 Å². The molecule has 1 fully saturated rings. The van der Waals surface area contributed by atoms with Gasteiger partial charge in [0.15, 0.2) is 0 Å². The van der Waals surface area contributed by atoms with Crippen molar-refractivity contribution in [3.05, 3.63) is 35.9 Å². The molecule has 0 radical (unpaired) electrons. The third-order valence-corrected chi connectivity index (χ3v) is 4.46. The number of ether oxygens (including phenoxy) is 1. The number of benzene rings is 1. The summed E-state index contributed by atoms with van der Waals surface area (Å²) in [6.45, 7) is 3.42. The zero-order chi connectivity index (χ0) is 13.1. The molecular weight excluding hydrogens is 252 g/mol. The molecule has 0 amide bonds. The van der Waals surface area contributed by atoms with Crippen molar-refractivity contribution in [2.24, 2.45) is 5.41 Å². The fraction of sp³-hybridized carbons (Fsp3) is 0.538. The van der Waals surface area contributed by atoms with Crippen molar-refractivity contribution in [3.8, 4) is 0 Å². The largest absolute Gasteiger partial charge is 0.380 e. The molecule has 0 atom stereocenters. The average molecular weight is 270 g/mol. The van der Waals surface area contributed by atoms with E-state index >= 15 is 0 Å². The van der Waals surface area contributed by atoms with E-state index in [0.717, 1.165) is 12.0 Å². The highest BCUT2D eigenvalue weighted by Gasteiger charge is 2.38. The molecule has 2 rings (SSSR count). The van der Waals surface area contributed by atoms with Crippen LogP contribution in [0.15, 0.2) is 30.3 Å². The van der Waals surface area contributed by atoms with Gasteiger partial charge in [-0.3, -0.25) is 4.18 Å².